The minimum Gasteiger partial charge on any atom is -0.324 e. The fourth-order valence-corrected chi connectivity index (χ4v) is 3.67. The van der Waals surface area contributed by atoms with Crippen molar-refractivity contribution in [3.05, 3.63) is 35.4 Å². The van der Waals surface area contributed by atoms with Gasteiger partial charge in [0.2, 0.25) is 0 Å². The Bertz CT molecular complexity index is 385. The smallest absolute Gasteiger partial charge is 0.0297 e. The van der Waals surface area contributed by atoms with Crippen LogP contribution in [0.1, 0.15) is 80.9 Å². The Morgan fingerprint density at radius 3 is 2.16 bits per heavy atom. The third-order valence-electron chi connectivity index (χ3n) is 5.25. The summed E-state index contributed by atoms with van der Waals surface area (Å²) >= 11 is 0. The second-order valence-electron chi connectivity index (χ2n) is 6.64. The van der Waals surface area contributed by atoms with Crippen LogP contribution in [0.2, 0.25) is 0 Å². The van der Waals surface area contributed by atoms with Gasteiger partial charge in [0.15, 0.2) is 0 Å². The molecule has 2 N–H and O–H groups in total. The number of nitrogens with two attached hydrogens (primary N) is 1. The molecule has 19 heavy (non-hydrogen) atoms. The summed E-state index contributed by atoms with van der Waals surface area (Å²) in [5, 5.41) is 0. The lowest BCUT2D eigenvalue weighted by Crippen LogP contribution is -2.20. The average Bonchev–Trinajstić information content (AvgIpc) is 2.44. The van der Waals surface area contributed by atoms with Crippen molar-refractivity contribution in [3.8, 4) is 0 Å². The number of benzene rings is 1. The van der Waals surface area contributed by atoms with Crippen LogP contribution in [0, 0.1) is 5.92 Å². The van der Waals surface area contributed by atoms with Gasteiger partial charge in [-0.05, 0) is 42.2 Å². The minimum absolute atomic E-state index is 0.255. The lowest BCUT2D eigenvalue weighted by atomic mass is 9.79. The molecule has 1 aromatic carbocycles. The van der Waals surface area contributed by atoms with E-state index in [9.17, 15) is 0 Å². The first-order valence-corrected chi connectivity index (χ1v) is 8.18. The van der Waals surface area contributed by atoms with E-state index in [1.807, 2.05) is 0 Å². The van der Waals surface area contributed by atoms with Crippen LogP contribution in [0.15, 0.2) is 24.3 Å². The molecular weight excluding hydrogens is 230 g/mol. The Morgan fingerprint density at radius 1 is 0.895 bits per heavy atom. The predicted molar refractivity (Wildman–Crippen MR) is 81.2 cm³/mol. The summed E-state index contributed by atoms with van der Waals surface area (Å²) in [6.45, 7) is 0. The predicted octanol–water partition coefficient (Wildman–Crippen LogP) is 4.92. The third kappa shape index (κ3) is 3.20. The second kappa shape index (κ2) is 6.09. The summed E-state index contributed by atoms with van der Waals surface area (Å²) in [6.07, 6.45) is 12.4. The highest BCUT2D eigenvalue weighted by atomic mass is 14.6. The van der Waals surface area contributed by atoms with Crippen molar-refractivity contribution in [3.63, 3.8) is 0 Å². The molecule has 0 heterocycles. The molecule has 2 fully saturated rings. The molecule has 0 aliphatic heterocycles. The van der Waals surface area contributed by atoms with E-state index in [-0.39, 0.29) is 6.04 Å². The Labute approximate surface area is 117 Å². The molecule has 0 radical (unpaired) electrons. The van der Waals surface area contributed by atoms with E-state index >= 15 is 0 Å². The largest absolute Gasteiger partial charge is 0.324 e. The van der Waals surface area contributed by atoms with Crippen LogP contribution in [0.25, 0.3) is 0 Å². The van der Waals surface area contributed by atoms with Gasteiger partial charge in [0.25, 0.3) is 0 Å². The molecule has 0 bridgehead atoms. The van der Waals surface area contributed by atoms with E-state index < -0.39 is 0 Å². The topological polar surface area (TPSA) is 26.0 Å². The number of hydrogen-bond acceptors (Lipinski definition) is 1. The molecule has 0 saturated heterocycles. The summed E-state index contributed by atoms with van der Waals surface area (Å²) in [5.41, 5.74) is 9.21. The molecule has 1 heteroatoms. The van der Waals surface area contributed by atoms with Crippen molar-refractivity contribution in [2.45, 2.75) is 69.7 Å². The van der Waals surface area contributed by atoms with Gasteiger partial charge in [-0.1, -0.05) is 62.8 Å². The van der Waals surface area contributed by atoms with E-state index in [0.29, 0.717) is 0 Å². The van der Waals surface area contributed by atoms with Crippen molar-refractivity contribution >= 4 is 0 Å². The summed E-state index contributed by atoms with van der Waals surface area (Å²) in [4.78, 5) is 0. The molecule has 1 unspecified atom stereocenters. The van der Waals surface area contributed by atoms with Crippen LogP contribution < -0.4 is 5.73 Å². The summed E-state index contributed by atoms with van der Waals surface area (Å²) in [7, 11) is 0. The van der Waals surface area contributed by atoms with Gasteiger partial charge in [-0.25, -0.2) is 0 Å². The van der Waals surface area contributed by atoms with E-state index in [1.54, 1.807) is 5.56 Å². The lowest BCUT2D eigenvalue weighted by molar-refractivity contribution is 0.277. The van der Waals surface area contributed by atoms with Gasteiger partial charge in [-0.2, -0.15) is 0 Å². The van der Waals surface area contributed by atoms with Crippen LogP contribution in [0.4, 0.5) is 0 Å². The highest BCUT2D eigenvalue weighted by molar-refractivity contribution is 5.27. The van der Waals surface area contributed by atoms with Crippen molar-refractivity contribution in [2.75, 3.05) is 0 Å². The van der Waals surface area contributed by atoms with Crippen molar-refractivity contribution in [1.82, 2.24) is 0 Å². The van der Waals surface area contributed by atoms with E-state index in [1.165, 1.54) is 63.4 Å². The van der Waals surface area contributed by atoms with Gasteiger partial charge in [0.05, 0.1) is 0 Å². The highest BCUT2D eigenvalue weighted by Crippen LogP contribution is 2.35. The normalized spacial score (nSPS) is 23.0. The molecule has 2 aliphatic carbocycles. The minimum atomic E-state index is 0.255. The molecule has 0 amide bonds. The van der Waals surface area contributed by atoms with Gasteiger partial charge in [-0.3, -0.25) is 0 Å². The fourth-order valence-electron chi connectivity index (χ4n) is 3.67. The first-order chi connectivity index (χ1) is 9.33. The zero-order valence-electron chi connectivity index (χ0n) is 12.0. The van der Waals surface area contributed by atoms with Gasteiger partial charge >= 0.3 is 0 Å². The SMILES string of the molecule is NC(CC1CCC1)c1ccc(C2CCCCC2)cc1. The van der Waals surface area contributed by atoms with E-state index in [4.69, 9.17) is 5.73 Å². The zero-order chi connectivity index (χ0) is 13.1. The fraction of sp³-hybridized carbons (Fsp3) is 0.667. The summed E-state index contributed by atoms with van der Waals surface area (Å²) in [5.74, 6) is 1.71. The van der Waals surface area contributed by atoms with Gasteiger partial charge in [-0.15, -0.1) is 0 Å². The first kappa shape index (κ1) is 13.2. The van der Waals surface area contributed by atoms with Crippen LogP contribution in [0.5, 0.6) is 0 Å². The molecule has 104 valence electrons. The molecule has 1 atom stereocenters. The lowest BCUT2D eigenvalue weighted by Gasteiger charge is -2.28. The van der Waals surface area contributed by atoms with E-state index in [2.05, 4.69) is 24.3 Å². The summed E-state index contributed by atoms with van der Waals surface area (Å²) in [6, 6.07) is 9.50. The number of hydrogen-bond donors (Lipinski definition) is 1. The molecule has 1 nitrogen and oxygen atoms in total. The van der Waals surface area contributed by atoms with Gasteiger partial charge in [0, 0.05) is 6.04 Å². The molecule has 3 rings (SSSR count). The first-order valence-electron chi connectivity index (χ1n) is 8.18. The molecule has 0 spiro atoms. The maximum Gasteiger partial charge on any atom is 0.0297 e. The molecule has 2 saturated carbocycles. The van der Waals surface area contributed by atoms with Crippen LogP contribution in [0.3, 0.4) is 0 Å². The Morgan fingerprint density at radius 2 is 1.58 bits per heavy atom. The second-order valence-corrected chi connectivity index (χ2v) is 6.64. The Balaban J connectivity index is 1.60. The maximum absolute atomic E-state index is 6.33. The standard InChI is InChI=1S/C18H27N/c19-18(13-14-5-4-6-14)17-11-9-16(10-12-17)15-7-2-1-3-8-15/h9-12,14-15,18H,1-8,13,19H2. The highest BCUT2D eigenvalue weighted by Gasteiger charge is 2.21. The Kier molecular flexibility index (Phi) is 4.22. The molecule has 1 aromatic rings. The van der Waals surface area contributed by atoms with Gasteiger partial charge < -0.3 is 5.73 Å². The number of rotatable bonds is 4. The quantitative estimate of drug-likeness (QED) is 0.813. The van der Waals surface area contributed by atoms with Crippen molar-refractivity contribution < 1.29 is 0 Å². The third-order valence-corrected chi connectivity index (χ3v) is 5.25. The molecule has 2 aliphatic rings. The van der Waals surface area contributed by atoms with Crippen LogP contribution >= 0.6 is 0 Å². The average molecular weight is 257 g/mol. The molecular formula is C18H27N. The van der Waals surface area contributed by atoms with Crippen molar-refractivity contribution in [1.29, 1.82) is 0 Å². The molecule has 0 aromatic heterocycles. The van der Waals surface area contributed by atoms with Crippen LogP contribution in [-0.4, -0.2) is 0 Å². The maximum atomic E-state index is 6.33. The Hall–Kier alpha value is -0.820. The monoisotopic (exact) mass is 257 g/mol. The van der Waals surface area contributed by atoms with Crippen LogP contribution in [-0.2, 0) is 0 Å². The van der Waals surface area contributed by atoms with Crippen molar-refractivity contribution in [2.24, 2.45) is 11.7 Å². The van der Waals surface area contributed by atoms with E-state index in [0.717, 1.165) is 11.8 Å². The zero-order valence-corrected chi connectivity index (χ0v) is 12.0. The summed E-state index contributed by atoms with van der Waals surface area (Å²) < 4.78 is 0. The van der Waals surface area contributed by atoms with Gasteiger partial charge in [0.1, 0.15) is 0 Å².